The SMILES string of the molecule is CCC1CCC(Nc2ccncc2Br)C1C. The standard InChI is InChI=1S/C13H19BrN2/c1-3-10-4-5-12(9(10)2)16-13-6-7-15-8-11(13)14/h6-10,12H,3-5H2,1-2H3,(H,15,16). The van der Waals surface area contributed by atoms with Crippen LogP contribution in [-0.4, -0.2) is 11.0 Å². The van der Waals surface area contributed by atoms with Crippen LogP contribution in [0.5, 0.6) is 0 Å². The second kappa shape index (κ2) is 5.17. The monoisotopic (exact) mass is 282 g/mol. The highest BCUT2D eigenvalue weighted by atomic mass is 79.9. The van der Waals surface area contributed by atoms with Crippen LogP contribution >= 0.6 is 15.9 Å². The van der Waals surface area contributed by atoms with E-state index in [1.54, 1.807) is 0 Å². The van der Waals surface area contributed by atoms with Gasteiger partial charge in [0, 0.05) is 18.4 Å². The lowest BCUT2D eigenvalue weighted by molar-refractivity contribution is 0.392. The van der Waals surface area contributed by atoms with Crippen LogP contribution in [0.3, 0.4) is 0 Å². The molecule has 88 valence electrons. The molecule has 1 heterocycles. The molecular formula is C13H19BrN2. The van der Waals surface area contributed by atoms with Gasteiger partial charge in [0.25, 0.3) is 0 Å². The third-order valence-electron chi connectivity index (χ3n) is 3.86. The maximum Gasteiger partial charge on any atom is 0.0590 e. The van der Waals surface area contributed by atoms with E-state index in [0.717, 1.165) is 16.3 Å². The quantitative estimate of drug-likeness (QED) is 0.904. The number of hydrogen-bond acceptors (Lipinski definition) is 2. The summed E-state index contributed by atoms with van der Waals surface area (Å²) in [5.74, 6) is 1.66. The molecule has 3 atom stereocenters. The summed E-state index contributed by atoms with van der Waals surface area (Å²) in [5, 5.41) is 3.64. The van der Waals surface area contributed by atoms with E-state index >= 15 is 0 Å². The fraction of sp³-hybridized carbons (Fsp3) is 0.615. The molecule has 0 amide bonds. The van der Waals surface area contributed by atoms with Crippen LogP contribution < -0.4 is 5.32 Å². The molecule has 2 nitrogen and oxygen atoms in total. The highest BCUT2D eigenvalue weighted by Gasteiger charge is 2.31. The first-order valence-corrected chi connectivity index (χ1v) is 6.87. The Hall–Kier alpha value is -0.570. The molecule has 0 saturated heterocycles. The molecule has 2 rings (SSSR count). The van der Waals surface area contributed by atoms with Crippen molar-refractivity contribution in [3.05, 3.63) is 22.9 Å². The second-order valence-corrected chi connectivity index (χ2v) is 5.57. The van der Waals surface area contributed by atoms with Gasteiger partial charge in [0.1, 0.15) is 0 Å². The molecule has 3 unspecified atom stereocenters. The van der Waals surface area contributed by atoms with Gasteiger partial charge in [-0.05, 0) is 46.7 Å². The number of anilines is 1. The maximum atomic E-state index is 4.08. The number of halogens is 1. The van der Waals surface area contributed by atoms with Gasteiger partial charge in [0.2, 0.25) is 0 Å². The van der Waals surface area contributed by atoms with E-state index in [9.17, 15) is 0 Å². The summed E-state index contributed by atoms with van der Waals surface area (Å²) in [4.78, 5) is 4.08. The lowest BCUT2D eigenvalue weighted by Gasteiger charge is -2.22. The van der Waals surface area contributed by atoms with Gasteiger partial charge in [-0.2, -0.15) is 0 Å². The fourth-order valence-electron chi connectivity index (χ4n) is 2.72. The lowest BCUT2D eigenvalue weighted by atomic mass is 9.93. The largest absolute Gasteiger partial charge is 0.381 e. The van der Waals surface area contributed by atoms with Crippen molar-refractivity contribution in [2.24, 2.45) is 11.8 Å². The zero-order valence-electron chi connectivity index (χ0n) is 9.91. The Bertz CT molecular complexity index is 354. The first kappa shape index (κ1) is 11.9. The van der Waals surface area contributed by atoms with Gasteiger partial charge in [-0.15, -0.1) is 0 Å². The van der Waals surface area contributed by atoms with Gasteiger partial charge in [-0.1, -0.05) is 20.3 Å². The zero-order valence-corrected chi connectivity index (χ0v) is 11.5. The highest BCUT2D eigenvalue weighted by molar-refractivity contribution is 9.10. The number of pyridine rings is 1. The minimum Gasteiger partial charge on any atom is -0.381 e. The molecule has 3 heteroatoms. The third-order valence-corrected chi connectivity index (χ3v) is 4.50. The van der Waals surface area contributed by atoms with Gasteiger partial charge in [0.05, 0.1) is 10.2 Å². The molecule has 1 aromatic rings. The molecule has 1 aliphatic rings. The van der Waals surface area contributed by atoms with Crippen molar-refractivity contribution in [1.82, 2.24) is 4.98 Å². The third kappa shape index (κ3) is 2.40. The Morgan fingerprint density at radius 2 is 2.31 bits per heavy atom. The van der Waals surface area contributed by atoms with Crippen molar-refractivity contribution < 1.29 is 0 Å². The van der Waals surface area contributed by atoms with Gasteiger partial charge < -0.3 is 5.32 Å². The molecule has 1 aromatic heterocycles. The van der Waals surface area contributed by atoms with Gasteiger partial charge >= 0.3 is 0 Å². The Labute approximate surface area is 106 Å². The number of hydrogen-bond donors (Lipinski definition) is 1. The summed E-state index contributed by atoms with van der Waals surface area (Å²) in [6, 6.07) is 2.65. The van der Waals surface area contributed by atoms with Gasteiger partial charge in [-0.3, -0.25) is 4.98 Å². The number of nitrogens with one attached hydrogen (secondary N) is 1. The number of nitrogens with zero attached hydrogens (tertiary/aromatic N) is 1. The summed E-state index contributed by atoms with van der Waals surface area (Å²) in [5.41, 5.74) is 1.17. The smallest absolute Gasteiger partial charge is 0.0590 e. The Morgan fingerprint density at radius 1 is 1.50 bits per heavy atom. The molecule has 0 radical (unpaired) electrons. The number of rotatable bonds is 3. The van der Waals surface area contributed by atoms with Crippen molar-refractivity contribution in [3.8, 4) is 0 Å². The van der Waals surface area contributed by atoms with Crippen molar-refractivity contribution in [2.75, 3.05) is 5.32 Å². The molecule has 0 aromatic carbocycles. The summed E-state index contributed by atoms with van der Waals surface area (Å²) in [6.07, 6.45) is 7.63. The van der Waals surface area contributed by atoms with Crippen LogP contribution in [0.15, 0.2) is 22.9 Å². The fourth-order valence-corrected chi connectivity index (χ4v) is 3.08. The van der Waals surface area contributed by atoms with Crippen LogP contribution in [0.4, 0.5) is 5.69 Å². The van der Waals surface area contributed by atoms with Crippen molar-refractivity contribution in [2.45, 2.75) is 39.2 Å². The summed E-state index contributed by atoms with van der Waals surface area (Å²) < 4.78 is 1.06. The molecule has 1 N–H and O–H groups in total. The Balaban J connectivity index is 2.04. The predicted octanol–water partition coefficient (Wildman–Crippen LogP) is 4.08. The van der Waals surface area contributed by atoms with E-state index in [-0.39, 0.29) is 0 Å². The van der Waals surface area contributed by atoms with Crippen molar-refractivity contribution in [3.63, 3.8) is 0 Å². The van der Waals surface area contributed by atoms with Crippen LogP contribution in [0.2, 0.25) is 0 Å². The van der Waals surface area contributed by atoms with Crippen LogP contribution in [-0.2, 0) is 0 Å². The van der Waals surface area contributed by atoms with Crippen LogP contribution in [0.1, 0.15) is 33.1 Å². The molecule has 1 aliphatic carbocycles. The molecule has 16 heavy (non-hydrogen) atoms. The van der Waals surface area contributed by atoms with Gasteiger partial charge in [0.15, 0.2) is 0 Å². The molecule has 0 spiro atoms. The zero-order chi connectivity index (χ0) is 11.5. The van der Waals surface area contributed by atoms with E-state index in [1.165, 1.54) is 24.9 Å². The van der Waals surface area contributed by atoms with E-state index < -0.39 is 0 Å². The lowest BCUT2D eigenvalue weighted by Crippen LogP contribution is -2.24. The molecule has 1 saturated carbocycles. The average Bonchev–Trinajstić information content (AvgIpc) is 2.63. The summed E-state index contributed by atoms with van der Waals surface area (Å²) >= 11 is 3.53. The van der Waals surface area contributed by atoms with E-state index in [0.29, 0.717) is 6.04 Å². The van der Waals surface area contributed by atoms with E-state index in [2.05, 4.69) is 40.1 Å². The summed E-state index contributed by atoms with van der Waals surface area (Å²) in [6.45, 7) is 4.67. The van der Waals surface area contributed by atoms with E-state index in [1.807, 2.05) is 18.5 Å². The van der Waals surface area contributed by atoms with Crippen LogP contribution in [0, 0.1) is 11.8 Å². The molecule has 0 bridgehead atoms. The molecular weight excluding hydrogens is 264 g/mol. The van der Waals surface area contributed by atoms with Crippen molar-refractivity contribution in [1.29, 1.82) is 0 Å². The van der Waals surface area contributed by atoms with Crippen LogP contribution in [0.25, 0.3) is 0 Å². The Kier molecular flexibility index (Phi) is 3.85. The minimum absolute atomic E-state index is 0.614. The van der Waals surface area contributed by atoms with Crippen molar-refractivity contribution >= 4 is 21.6 Å². The maximum absolute atomic E-state index is 4.08. The topological polar surface area (TPSA) is 24.9 Å². The Morgan fingerprint density at radius 3 is 2.94 bits per heavy atom. The second-order valence-electron chi connectivity index (χ2n) is 4.71. The normalized spacial score (nSPS) is 29.3. The number of aromatic nitrogens is 1. The first-order chi connectivity index (χ1) is 7.72. The average molecular weight is 283 g/mol. The predicted molar refractivity (Wildman–Crippen MR) is 71.5 cm³/mol. The summed E-state index contributed by atoms with van der Waals surface area (Å²) in [7, 11) is 0. The van der Waals surface area contributed by atoms with E-state index in [4.69, 9.17) is 0 Å². The highest BCUT2D eigenvalue weighted by Crippen LogP contribution is 2.36. The minimum atomic E-state index is 0.614. The molecule has 1 fully saturated rings. The molecule has 0 aliphatic heterocycles. The van der Waals surface area contributed by atoms with Gasteiger partial charge in [-0.25, -0.2) is 0 Å². The first-order valence-electron chi connectivity index (χ1n) is 6.08.